The smallest absolute Gasteiger partial charge is 0.192 e. The van der Waals surface area contributed by atoms with Crippen LogP contribution in [0.1, 0.15) is 5.56 Å². The number of hydrogen-bond acceptors (Lipinski definition) is 3. The van der Waals surface area contributed by atoms with Crippen LogP contribution in [0.2, 0.25) is 5.02 Å². The first-order chi connectivity index (χ1) is 11.7. The minimum atomic E-state index is -0.234. The Morgan fingerprint density at radius 2 is 1.96 bits per heavy atom. The zero-order valence-corrected chi connectivity index (χ0v) is 14.4. The highest BCUT2D eigenvalue weighted by molar-refractivity contribution is 7.98. The Balaban J connectivity index is 1.85. The van der Waals surface area contributed by atoms with E-state index in [9.17, 15) is 4.39 Å². The van der Waals surface area contributed by atoms with E-state index >= 15 is 0 Å². The van der Waals surface area contributed by atoms with Crippen LogP contribution in [0.4, 0.5) is 4.39 Å². The highest BCUT2D eigenvalue weighted by atomic mass is 35.5. The van der Waals surface area contributed by atoms with Gasteiger partial charge in [0.15, 0.2) is 11.0 Å². The highest BCUT2D eigenvalue weighted by Gasteiger charge is 2.14. The van der Waals surface area contributed by atoms with Crippen molar-refractivity contribution in [2.75, 3.05) is 0 Å². The summed E-state index contributed by atoms with van der Waals surface area (Å²) in [4.78, 5) is 0. The fourth-order valence-corrected chi connectivity index (χ4v) is 3.35. The fraction of sp³-hybridized carbons (Fsp3) is 0.111. The zero-order chi connectivity index (χ0) is 16.9. The summed E-state index contributed by atoms with van der Waals surface area (Å²) in [5, 5.41) is 10.0. The molecule has 0 aliphatic rings. The Hall–Kier alpha value is -2.11. The molecule has 0 spiro atoms. The molecule has 1 aromatic heterocycles. The van der Waals surface area contributed by atoms with E-state index in [1.165, 1.54) is 12.1 Å². The topological polar surface area (TPSA) is 30.7 Å². The number of thioether (sulfide) groups is 1. The van der Waals surface area contributed by atoms with Crippen molar-refractivity contribution in [1.29, 1.82) is 0 Å². The second kappa shape index (κ2) is 7.64. The molecule has 0 saturated carbocycles. The van der Waals surface area contributed by atoms with Crippen LogP contribution in [0.5, 0.6) is 0 Å². The molecule has 2 aromatic carbocycles. The van der Waals surface area contributed by atoms with Crippen LogP contribution in [-0.4, -0.2) is 14.8 Å². The van der Waals surface area contributed by atoms with Gasteiger partial charge in [-0.25, -0.2) is 4.39 Å². The maximum atomic E-state index is 13.0. The first-order valence-electron chi connectivity index (χ1n) is 7.34. The van der Waals surface area contributed by atoms with Gasteiger partial charge < -0.3 is 0 Å². The van der Waals surface area contributed by atoms with Gasteiger partial charge >= 0.3 is 0 Å². The number of hydrogen-bond donors (Lipinski definition) is 0. The van der Waals surface area contributed by atoms with Gasteiger partial charge in [-0.05, 0) is 29.8 Å². The van der Waals surface area contributed by atoms with Crippen LogP contribution >= 0.6 is 23.4 Å². The van der Waals surface area contributed by atoms with Gasteiger partial charge in [-0.15, -0.1) is 16.8 Å². The summed E-state index contributed by atoms with van der Waals surface area (Å²) >= 11 is 7.62. The number of rotatable bonds is 6. The molecule has 0 N–H and O–H groups in total. The Morgan fingerprint density at radius 1 is 1.17 bits per heavy atom. The van der Waals surface area contributed by atoms with E-state index in [-0.39, 0.29) is 5.82 Å². The van der Waals surface area contributed by atoms with Crippen molar-refractivity contribution in [3.05, 3.63) is 77.6 Å². The molecular formula is C18H15ClFN3S. The van der Waals surface area contributed by atoms with Gasteiger partial charge in [0.25, 0.3) is 0 Å². The fourth-order valence-electron chi connectivity index (χ4n) is 2.26. The SMILES string of the molecule is C=CCn1c(SCc2ccc(F)cc2)nnc1-c1cccc(Cl)c1. The third-order valence-corrected chi connectivity index (χ3v) is 4.67. The minimum Gasteiger partial charge on any atom is -0.298 e. The lowest BCUT2D eigenvalue weighted by Crippen LogP contribution is -2.00. The lowest BCUT2D eigenvalue weighted by Gasteiger charge is -2.08. The van der Waals surface area contributed by atoms with Crippen LogP contribution < -0.4 is 0 Å². The maximum absolute atomic E-state index is 13.0. The maximum Gasteiger partial charge on any atom is 0.192 e. The second-order valence-corrected chi connectivity index (χ2v) is 6.51. The molecule has 0 amide bonds. The van der Waals surface area contributed by atoms with Crippen molar-refractivity contribution in [2.45, 2.75) is 17.5 Å². The van der Waals surface area contributed by atoms with Gasteiger partial charge in [0.05, 0.1) is 0 Å². The Bertz CT molecular complexity index is 846. The molecule has 0 aliphatic carbocycles. The normalized spacial score (nSPS) is 10.8. The summed E-state index contributed by atoms with van der Waals surface area (Å²) in [5.41, 5.74) is 1.93. The predicted molar refractivity (Wildman–Crippen MR) is 96.6 cm³/mol. The van der Waals surface area contributed by atoms with Gasteiger partial charge in [-0.1, -0.05) is 53.7 Å². The summed E-state index contributed by atoms with van der Waals surface area (Å²) in [7, 11) is 0. The van der Waals surface area contributed by atoms with Crippen molar-refractivity contribution >= 4 is 23.4 Å². The number of halogens is 2. The lowest BCUT2D eigenvalue weighted by atomic mass is 10.2. The average molecular weight is 360 g/mol. The summed E-state index contributed by atoms with van der Waals surface area (Å²) in [5.74, 6) is 1.20. The van der Waals surface area contributed by atoms with Gasteiger partial charge in [0, 0.05) is 22.9 Å². The second-order valence-electron chi connectivity index (χ2n) is 5.13. The average Bonchev–Trinajstić information content (AvgIpc) is 2.98. The highest BCUT2D eigenvalue weighted by Crippen LogP contribution is 2.27. The molecule has 3 rings (SSSR count). The van der Waals surface area contributed by atoms with Gasteiger partial charge in [-0.3, -0.25) is 4.57 Å². The third-order valence-electron chi connectivity index (χ3n) is 3.39. The quantitative estimate of drug-likeness (QED) is 0.446. The molecule has 0 atom stereocenters. The molecule has 0 unspecified atom stereocenters. The number of nitrogens with zero attached hydrogens (tertiary/aromatic N) is 3. The van der Waals surface area contributed by atoms with Crippen LogP contribution in [0.25, 0.3) is 11.4 Å². The first kappa shape index (κ1) is 16.7. The van der Waals surface area contributed by atoms with E-state index in [1.807, 2.05) is 28.8 Å². The van der Waals surface area contributed by atoms with Crippen molar-refractivity contribution in [2.24, 2.45) is 0 Å². The first-order valence-corrected chi connectivity index (χ1v) is 8.71. The summed E-state index contributed by atoms with van der Waals surface area (Å²) in [6, 6.07) is 14.0. The molecular weight excluding hydrogens is 345 g/mol. The molecule has 122 valence electrons. The van der Waals surface area contributed by atoms with Crippen molar-refractivity contribution in [1.82, 2.24) is 14.8 Å². The monoisotopic (exact) mass is 359 g/mol. The molecule has 0 radical (unpaired) electrons. The van der Waals surface area contributed by atoms with E-state index in [2.05, 4.69) is 16.8 Å². The molecule has 0 saturated heterocycles. The number of benzene rings is 2. The summed E-state index contributed by atoms with van der Waals surface area (Å²) in [6.45, 7) is 4.40. The van der Waals surface area contributed by atoms with Crippen molar-refractivity contribution < 1.29 is 4.39 Å². The summed E-state index contributed by atoms with van der Waals surface area (Å²) < 4.78 is 15.0. The zero-order valence-electron chi connectivity index (χ0n) is 12.8. The van der Waals surface area contributed by atoms with E-state index in [4.69, 9.17) is 11.6 Å². The largest absolute Gasteiger partial charge is 0.298 e. The molecule has 1 heterocycles. The van der Waals surface area contributed by atoms with Gasteiger partial charge in [0.1, 0.15) is 5.82 Å². The van der Waals surface area contributed by atoms with Crippen molar-refractivity contribution in [3.8, 4) is 11.4 Å². The molecule has 6 heteroatoms. The standard InChI is InChI=1S/C18H15ClFN3S/c1-2-10-23-17(14-4-3-5-15(19)11-14)21-22-18(23)24-12-13-6-8-16(20)9-7-13/h2-9,11H,1,10,12H2. The van der Waals surface area contributed by atoms with E-state index in [0.717, 1.165) is 22.1 Å². The lowest BCUT2D eigenvalue weighted by molar-refractivity contribution is 0.627. The van der Waals surface area contributed by atoms with Gasteiger partial charge in [0.2, 0.25) is 0 Å². The van der Waals surface area contributed by atoms with E-state index in [1.54, 1.807) is 30.0 Å². The van der Waals surface area contributed by atoms with E-state index in [0.29, 0.717) is 17.3 Å². The molecule has 0 bridgehead atoms. The van der Waals surface area contributed by atoms with Crippen LogP contribution in [-0.2, 0) is 12.3 Å². The number of allylic oxidation sites excluding steroid dienone is 1. The summed E-state index contributed by atoms with van der Waals surface area (Å²) in [6.07, 6.45) is 1.80. The van der Waals surface area contributed by atoms with Crippen molar-refractivity contribution in [3.63, 3.8) is 0 Å². The Morgan fingerprint density at radius 3 is 2.67 bits per heavy atom. The number of aromatic nitrogens is 3. The van der Waals surface area contributed by atoms with Crippen LogP contribution in [0, 0.1) is 5.82 Å². The molecule has 24 heavy (non-hydrogen) atoms. The molecule has 3 aromatic rings. The van der Waals surface area contributed by atoms with Crippen LogP contribution in [0.3, 0.4) is 0 Å². The minimum absolute atomic E-state index is 0.234. The Labute approximate surface area is 149 Å². The predicted octanol–water partition coefficient (Wildman–Crippen LogP) is 5.22. The molecule has 0 aliphatic heterocycles. The molecule has 3 nitrogen and oxygen atoms in total. The van der Waals surface area contributed by atoms with Crippen LogP contribution in [0.15, 0.2) is 66.3 Å². The van der Waals surface area contributed by atoms with Gasteiger partial charge in [-0.2, -0.15) is 0 Å². The molecule has 0 fully saturated rings. The third kappa shape index (κ3) is 3.86. The van der Waals surface area contributed by atoms with E-state index < -0.39 is 0 Å². The Kier molecular flexibility index (Phi) is 5.33.